The third-order valence-electron chi connectivity index (χ3n) is 2.62. The second-order valence-corrected chi connectivity index (χ2v) is 4.99. The smallest absolute Gasteiger partial charge is 0.277 e. The van der Waals surface area contributed by atoms with Crippen LogP contribution in [0.15, 0.2) is 30.5 Å². The number of anilines is 1. The standard InChI is InChI=1S/C12H14N4OS/c1-8(18-2)9-4-3-5-10(6-9)14-12(17)11-7-13-16-15-11/h3-8H,1-2H3,(H,14,17)(H,13,15,16). The number of carbonyl (C=O) groups is 1. The van der Waals surface area contributed by atoms with E-state index in [0.717, 1.165) is 5.69 Å². The van der Waals surface area contributed by atoms with Crippen LogP contribution in [0.4, 0.5) is 5.69 Å². The number of aromatic amines is 1. The van der Waals surface area contributed by atoms with E-state index in [1.807, 2.05) is 24.3 Å². The largest absolute Gasteiger partial charge is 0.321 e. The number of carbonyl (C=O) groups excluding carboxylic acids is 1. The van der Waals surface area contributed by atoms with Gasteiger partial charge in [0.15, 0.2) is 5.69 Å². The highest BCUT2D eigenvalue weighted by atomic mass is 32.2. The summed E-state index contributed by atoms with van der Waals surface area (Å²) in [5.41, 5.74) is 2.22. The number of H-pyrrole nitrogens is 1. The van der Waals surface area contributed by atoms with Crippen molar-refractivity contribution >= 4 is 23.4 Å². The summed E-state index contributed by atoms with van der Waals surface area (Å²) >= 11 is 1.76. The van der Waals surface area contributed by atoms with Crippen LogP contribution < -0.4 is 5.32 Å². The van der Waals surface area contributed by atoms with Crippen LogP contribution in [0.25, 0.3) is 0 Å². The van der Waals surface area contributed by atoms with Gasteiger partial charge in [-0.3, -0.25) is 4.79 Å². The molecule has 1 unspecified atom stereocenters. The average Bonchev–Trinajstić information content (AvgIpc) is 2.92. The fourth-order valence-corrected chi connectivity index (χ4v) is 1.93. The SMILES string of the molecule is CSC(C)c1cccc(NC(=O)c2cn[nH]n2)c1. The van der Waals surface area contributed by atoms with Crippen molar-refractivity contribution in [1.82, 2.24) is 15.4 Å². The summed E-state index contributed by atoms with van der Waals surface area (Å²) in [4.78, 5) is 11.8. The van der Waals surface area contributed by atoms with E-state index < -0.39 is 0 Å². The van der Waals surface area contributed by atoms with Crippen LogP contribution in [0, 0.1) is 0 Å². The predicted octanol–water partition coefficient (Wildman–Crippen LogP) is 2.48. The number of thioether (sulfide) groups is 1. The lowest BCUT2D eigenvalue weighted by atomic mass is 10.1. The van der Waals surface area contributed by atoms with Crippen LogP contribution in [0.1, 0.15) is 28.2 Å². The Hall–Kier alpha value is -1.82. The number of nitrogens with zero attached hydrogens (tertiary/aromatic N) is 2. The molecular formula is C12H14N4OS. The molecule has 1 heterocycles. The molecule has 0 aliphatic carbocycles. The molecule has 2 N–H and O–H groups in total. The molecule has 0 spiro atoms. The van der Waals surface area contributed by atoms with E-state index in [2.05, 4.69) is 33.9 Å². The van der Waals surface area contributed by atoms with Gasteiger partial charge in [-0.2, -0.15) is 27.2 Å². The predicted molar refractivity (Wildman–Crippen MR) is 72.7 cm³/mol. The number of hydrogen-bond donors (Lipinski definition) is 2. The minimum atomic E-state index is -0.266. The molecule has 94 valence electrons. The summed E-state index contributed by atoms with van der Waals surface area (Å²) in [6, 6.07) is 7.81. The van der Waals surface area contributed by atoms with Crippen molar-refractivity contribution in [2.24, 2.45) is 0 Å². The Labute approximate surface area is 109 Å². The summed E-state index contributed by atoms with van der Waals surface area (Å²) in [6.45, 7) is 2.13. The van der Waals surface area contributed by atoms with Crippen LogP contribution in [-0.4, -0.2) is 27.6 Å². The average molecular weight is 262 g/mol. The van der Waals surface area contributed by atoms with Gasteiger partial charge in [-0.25, -0.2) is 0 Å². The summed E-state index contributed by atoms with van der Waals surface area (Å²) < 4.78 is 0. The normalized spacial score (nSPS) is 12.1. The Bertz CT molecular complexity index is 527. The van der Waals surface area contributed by atoms with Gasteiger partial charge in [0, 0.05) is 10.9 Å². The summed E-state index contributed by atoms with van der Waals surface area (Å²) in [6.07, 6.45) is 3.45. The van der Waals surface area contributed by atoms with Crippen LogP contribution in [0.3, 0.4) is 0 Å². The third-order valence-corrected chi connectivity index (χ3v) is 3.59. The summed E-state index contributed by atoms with van der Waals surface area (Å²) in [5.74, 6) is -0.266. The Kier molecular flexibility index (Phi) is 3.99. The van der Waals surface area contributed by atoms with Crippen molar-refractivity contribution in [2.45, 2.75) is 12.2 Å². The molecular weight excluding hydrogens is 248 g/mol. The third kappa shape index (κ3) is 2.89. The number of hydrogen-bond acceptors (Lipinski definition) is 4. The molecule has 18 heavy (non-hydrogen) atoms. The van der Waals surface area contributed by atoms with Crippen molar-refractivity contribution in [1.29, 1.82) is 0 Å². The van der Waals surface area contributed by atoms with E-state index in [9.17, 15) is 4.79 Å². The van der Waals surface area contributed by atoms with E-state index in [4.69, 9.17) is 0 Å². The molecule has 1 aromatic carbocycles. The van der Waals surface area contributed by atoms with Gasteiger partial charge in [-0.05, 0) is 30.9 Å². The van der Waals surface area contributed by atoms with Gasteiger partial charge in [0.1, 0.15) is 0 Å². The summed E-state index contributed by atoms with van der Waals surface area (Å²) in [5, 5.41) is 12.9. The fourth-order valence-electron chi connectivity index (χ4n) is 1.51. The fraction of sp³-hybridized carbons (Fsp3) is 0.250. The maximum absolute atomic E-state index is 11.8. The van der Waals surface area contributed by atoms with Gasteiger partial charge in [0.2, 0.25) is 0 Å². The van der Waals surface area contributed by atoms with Gasteiger partial charge < -0.3 is 5.32 Å². The van der Waals surface area contributed by atoms with Crippen LogP contribution in [0.5, 0.6) is 0 Å². The molecule has 5 nitrogen and oxygen atoms in total. The molecule has 0 saturated carbocycles. The lowest BCUT2D eigenvalue weighted by molar-refractivity contribution is 0.102. The van der Waals surface area contributed by atoms with Crippen molar-refractivity contribution in [2.75, 3.05) is 11.6 Å². The van der Waals surface area contributed by atoms with Crippen LogP contribution in [-0.2, 0) is 0 Å². The monoisotopic (exact) mass is 262 g/mol. The molecule has 0 fully saturated rings. The highest BCUT2D eigenvalue weighted by Crippen LogP contribution is 2.27. The minimum Gasteiger partial charge on any atom is -0.321 e. The first kappa shape index (κ1) is 12.6. The molecule has 0 aliphatic heterocycles. The Balaban J connectivity index is 2.12. The van der Waals surface area contributed by atoms with E-state index in [-0.39, 0.29) is 11.6 Å². The quantitative estimate of drug-likeness (QED) is 0.888. The number of aromatic nitrogens is 3. The zero-order chi connectivity index (χ0) is 13.0. The lowest BCUT2D eigenvalue weighted by Crippen LogP contribution is -2.12. The molecule has 1 amide bonds. The highest BCUT2D eigenvalue weighted by molar-refractivity contribution is 7.98. The highest BCUT2D eigenvalue weighted by Gasteiger charge is 2.10. The van der Waals surface area contributed by atoms with Gasteiger partial charge in [-0.1, -0.05) is 12.1 Å². The van der Waals surface area contributed by atoms with E-state index in [1.54, 1.807) is 11.8 Å². The molecule has 0 radical (unpaired) electrons. The zero-order valence-electron chi connectivity index (χ0n) is 10.2. The molecule has 0 bridgehead atoms. The topological polar surface area (TPSA) is 70.7 Å². The number of benzene rings is 1. The Morgan fingerprint density at radius 1 is 1.50 bits per heavy atom. The molecule has 1 aromatic heterocycles. The first-order valence-electron chi connectivity index (χ1n) is 5.50. The maximum atomic E-state index is 11.8. The van der Waals surface area contributed by atoms with Gasteiger partial charge >= 0.3 is 0 Å². The second-order valence-electron chi connectivity index (χ2n) is 3.81. The van der Waals surface area contributed by atoms with Crippen molar-refractivity contribution in [3.8, 4) is 0 Å². The molecule has 6 heteroatoms. The lowest BCUT2D eigenvalue weighted by Gasteiger charge is -2.10. The minimum absolute atomic E-state index is 0.266. The molecule has 0 saturated heterocycles. The molecule has 2 rings (SSSR count). The van der Waals surface area contributed by atoms with Gasteiger partial charge in [0.05, 0.1) is 6.20 Å². The Morgan fingerprint density at radius 2 is 2.33 bits per heavy atom. The van der Waals surface area contributed by atoms with Gasteiger partial charge in [-0.15, -0.1) is 0 Å². The van der Waals surface area contributed by atoms with Gasteiger partial charge in [0.25, 0.3) is 5.91 Å². The van der Waals surface area contributed by atoms with Crippen molar-refractivity contribution < 1.29 is 4.79 Å². The first-order valence-corrected chi connectivity index (χ1v) is 6.79. The first-order chi connectivity index (χ1) is 8.70. The number of amides is 1. The van der Waals surface area contributed by atoms with Crippen molar-refractivity contribution in [3.05, 3.63) is 41.7 Å². The molecule has 2 aromatic rings. The van der Waals surface area contributed by atoms with E-state index >= 15 is 0 Å². The van der Waals surface area contributed by atoms with Crippen LogP contribution in [0.2, 0.25) is 0 Å². The van der Waals surface area contributed by atoms with Crippen LogP contribution >= 0.6 is 11.8 Å². The zero-order valence-corrected chi connectivity index (χ0v) is 11.0. The summed E-state index contributed by atoms with van der Waals surface area (Å²) in [7, 11) is 0. The van der Waals surface area contributed by atoms with E-state index in [1.165, 1.54) is 11.8 Å². The molecule has 0 aliphatic rings. The second kappa shape index (κ2) is 5.68. The van der Waals surface area contributed by atoms with Crippen molar-refractivity contribution in [3.63, 3.8) is 0 Å². The molecule has 1 atom stereocenters. The maximum Gasteiger partial charge on any atom is 0.277 e. The van der Waals surface area contributed by atoms with E-state index in [0.29, 0.717) is 5.25 Å². The number of nitrogens with one attached hydrogen (secondary N) is 2. The Morgan fingerprint density at radius 3 is 3.00 bits per heavy atom. The number of rotatable bonds is 4.